The Morgan fingerprint density at radius 2 is 1.75 bits per heavy atom. The number of nitro benzene ring substituents is 1. The quantitative estimate of drug-likeness (QED) is 0.408. The molecule has 10 nitrogen and oxygen atoms in total. The molecule has 166 valence electrons. The van der Waals surface area contributed by atoms with E-state index in [9.17, 15) is 24.5 Å². The number of hydrogen-bond donors (Lipinski definition) is 2. The molecule has 1 amide bonds. The number of non-ortho nitro benzene ring substituents is 1. The standard InChI is InChI=1S/C22H23N5O5/c1-2-12-25(18(28)13-15-8-10-17(11-9-15)27(31)32)19-20(23)26(22(30)24-21(19)29)14-16-6-4-3-5-7-16/h3-11H,2,12-14,23H2,1H3,(H,24,29,30). The van der Waals surface area contributed by atoms with E-state index in [2.05, 4.69) is 4.98 Å². The lowest BCUT2D eigenvalue weighted by atomic mass is 10.1. The molecule has 2 aromatic carbocycles. The average molecular weight is 437 g/mol. The first-order valence-electron chi connectivity index (χ1n) is 10.0. The molecular formula is C22H23N5O5. The van der Waals surface area contributed by atoms with Gasteiger partial charge in [-0.15, -0.1) is 0 Å². The first-order valence-corrected chi connectivity index (χ1v) is 10.0. The van der Waals surface area contributed by atoms with Gasteiger partial charge in [-0.1, -0.05) is 49.4 Å². The number of carbonyl (C=O) groups is 1. The van der Waals surface area contributed by atoms with Crippen LogP contribution in [0.25, 0.3) is 0 Å². The molecule has 1 aromatic heterocycles. The van der Waals surface area contributed by atoms with Crippen LogP contribution >= 0.6 is 0 Å². The van der Waals surface area contributed by atoms with Crippen LogP contribution in [0.15, 0.2) is 64.2 Å². The Labute approximate surface area is 183 Å². The van der Waals surface area contributed by atoms with E-state index in [1.54, 1.807) is 0 Å². The Morgan fingerprint density at radius 3 is 2.34 bits per heavy atom. The topological polar surface area (TPSA) is 144 Å². The first-order chi connectivity index (χ1) is 15.3. The lowest BCUT2D eigenvalue weighted by Crippen LogP contribution is -2.42. The Hall–Kier alpha value is -4.21. The number of benzene rings is 2. The third-order valence-electron chi connectivity index (χ3n) is 4.92. The van der Waals surface area contributed by atoms with Crippen molar-refractivity contribution in [3.8, 4) is 0 Å². The highest BCUT2D eigenvalue weighted by atomic mass is 16.6. The van der Waals surface area contributed by atoms with Crippen LogP contribution in [-0.2, 0) is 17.8 Å². The number of nitrogens with zero attached hydrogens (tertiary/aromatic N) is 3. The summed E-state index contributed by atoms with van der Waals surface area (Å²) in [5.41, 5.74) is 5.99. The lowest BCUT2D eigenvalue weighted by Gasteiger charge is -2.24. The van der Waals surface area contributed by atoms with E-state index in [0.29, 0.717) is 12.0 Å². The molecule has 32 heavy (non-hydrogen) atoms. The molecular weight excluding hydrogens is 414 g/mol. The van der Waals surface area contributed by atoms with E-state index in [1.165, 1.54) is 33.7 Å². The van der Waals surface area contributed by atoms with Crippen LogP contribution in [-0.4, -0.2) is 26.9 Å². The summed E-state index contributed by atoms with van der Waals surface area (Å²) in [5, 5.41) is 10.8. The van der Waals surface area contributed by atoms with Crippen LogP contribution in [0.5, 0.6) is 0 Å². The summed E-state index contributed by atoms with van der Waals surface area (Å²) >= 11 is 0. The monoisotopic (exact) mass is 437 g/mol. The van der Waals surface area contributed by atoms with Gasteiger partial charge in [0.15, 0.2) is 5.69 Å². The minimum Gasteiger partial charge on any atom is -0.383 e. The molecule has 1 heterocycles. The third kappa shape index (κ3) is 4.91. The van der Waals surface area contributed by atoms with Gasteiger partial charge < -0.3 is 10.6 Å². The van der Waals surface area contributed by atoms with Gasteiger partial charge in [0.1, 0.15) is 5.82 Å². The van der Waals surface area contributed by atoms with Gasteiger partial charge in [-0.3, -0.25) is 29.3 Å². The summed E-state index contributed by atoms with van der Waals surface area (Å²) in [6.07, 6.45) is 0.456. The van der Waals surface area contributed by atoms with Crippen molar-refractivity contribution in [2.45, 2.75) is 26.3 Å². The molecule has 0 fully saturated rings. The van der Waals surface area contributed by atoms with Gasteiger partial charge in [-0.2, -0.15) is 0 Å². The number of nitrogens with two attached hydrogens (primary N) is 1. The van der Waals surface area contributed by atoms with Crippen molar-refractivity contribution < 1.29 is 9.72 Å². The molecule has 0 aliphatic carbocycles. The van der Waals surface area contributed by atoms with Crippen molar-refractivity contribution in [2.75, 3.05) is 17.2 Å². The molecule has 3 N–H and O–H groups in total. The number of hydrogen-bond acceptors (Lipinski definition) is 6. The predicted octanol–water partition coefficient (Wildman–Crippen LogP) is 2.06. The number of aromatic amines is 1. The van der Waals surface area contributed by atoms with Crippen LogP contribution < -0.4 is 21.9 Å². The van der Waals surface area contributed by atoms with Crippen molar-refractivity contribution >= 4 is 23.1 Å². The molecule has 3 aromatic rings. The van der Waals surface area contributed by atoms with Crippen molar-refractivity contribution in [1.82, 2.24) is 9.55 Å². The highest BCUT2D eigenvalue weighted by molar-refractivity contribution is 5.96. The van der Waals surface area contributed by atoms with Crippen LogP contribution in [0.4, 0.5) is 17.2 Å². The molecule has 0 atom stereocenters. The lowest BCUT2D eigenvalue weighted by molar-refractivity contribution is -0.384. The number of nitro groups is 1. The zero-order valence-corrected chi connectivity index (χ0v) is 17.5. The Balaban J connectivity index is 1.96. The number of aromatic nitrogens is 2. The van der Waals surface area contributed by atoms with Gasteiger partial charge in [0.05, 0.1) is 17.9 Å². The summed E-state index contributed by atoms with van der Waals surface area (Å²) in [5.74, 6) is -0.518. The largest absolute Gasteiger partial charge is 0.383 e. The van der Waals surface area contributed by atoms with Gasteiger partial charge >= 0.3 is 5.69 Å². The number of H-pyrrole nitrogens is 1. The Bertz CT molecular complexity index is 1230. The van der Waals surface area contributed by atoms with Gasteiger partial charge in [-0.25, -0.2) is 4.79 Å². The molecule has 10 heteroatoms. The second-order valence-electron chi connectivity index (χ2n) is 7.21. The van der Waals surface area contributed by atoms with Crippen molar-refractivity contribution in [2.24, 2.45) is 0 Å². The maximum Gasteiger partial charge on any atom is 0.330 e. The summed E-state index contributed by atoms with van der Waals surface area (Å²) in [7, 11) is 0. The molecule has 0 saturated heterocycles. The van der Waals surface area contributed by atoms with Gasteiger partial charge in [-0.05, 0) is 17.5 Å². The molecule has 0 spiro atoms. The second kappa shape index (κ2) is 9.73. The number of amides is 1. The smallest absolute Gasteiger partial charge is 0.330 e. The molecule has 0 bridgehead atoms. The Kier molecular flexibility index (Phi) is 6.83. The molecule has 0 saturated carbocycles. The highest BCUT2D eigenvalue weighted by Gasteiger charge is 2.24. The summed E-state index contributed by atoms with van der Waals surface area (Å²) in [6, 6.07) is 14.7. The van der Waals surface area contributed by atoms with E-state index in [1.807, 2.05) is 37.3 Å². The second-order valence-corrected chi connectivity index (χ2v) is 7.21. The van der Waals surface area contributed by atoms with Crippen LogP contribution in [0, 0.1) is 10.1 Å². The summed E-state index contributed by atoms with van der Waals surface area (Å²) in [4.78, 5) is 51.9. The first kappa shape index (κ1) is 22.5. The fourth-order valence-electron chi connectivity index (χ4n) is 3.35. The van der Waals surface area contributed by atoms with E-state index in [4.69, 9.17) is 5.73 Å². The predicted molar refractivity (Wildman–Crippen MR) is 121 cm³/mol. The molecule has 0 aliphatic rings. The van der Waals surface area contributed by atoms with Gasteiger partial charge in [0.25, 0.3) is 11.2 Å². The zero-order valence-electron chi connectivity index (χ0n) is 17.5. The average Bonchev–Trinajstić information content (AvgIpc) is 2.77. The normalized spacial score (nSPS) is 10.7. The summed E-state index contributed by atoms with van der Waals surface area (Å²) < 4.78 is 1.22. The van der Waals surface area contributed by atoms with E-state index < -0.39 is 22.1 Å². The zero-order chi connectivity index (χ0) is 23.3. The van der Waals surface area contributed by atoms with E-state index >= 15 is 0 Å². The fourth-order valence-corrected chi connectivity index (χ4v) is 3.35. The SMILES string of the molecule is CCCN(C(=O)Cc1ccc([N+](=O)[O-])cc1)c1c(N)n(Cc2ccccc2)c(=O)[nH]c1=O. The number of nitrogens with one attached hydrogen (secondary N) is 1. The van der Waals surface area contributed by atoms with E-state index in [-0.39, 0.29) is 36.7 Å². The van der Waals surface area contributed by atoms with Crippen molar-refractivity contribution in [1.29, 1.82) is 0 Å². The van der Waals surface area contributed by atoms with Crippen LogP contribution in [0.2, 0.25) is 0 Å². The number of nitrogen functional groups attached to an aromatic ring is 1. The number of anilines is 2. The van der Waals surface area contributed by atoms with Crippen molar-refractivity contribution in [3.63, 3.8) is 0 Å². The maximum atomic E-state index is 13.1. The van der Waals surface area contributed by atoms with E-state index in [0.717, 1.165) is 5.56 Å². The Morgan fingerprint density at radius 1 is 1.09 bits per heavy atom. The third-order valence-corrected chi connectivity index (χ3v) is 4.92. The molecule has 0 radical (unpaired) electrons. The summed E-state index contributed by atoms with van der Waals surface area (Å²) in [6.45, 7) is 2.19. The number of carbonyl (C=O) groups excluding carboxylic acids is 1. The van der Waals surface area contributed by atoms with Crippen LogP contribution in [0.3, 0.4) is 0 Å². The van der Waals surface area contributed by atoms with Gasteiger partial charge in [0.2, 0.25) is 5.91 Å². The van der Waals surface area contributed by atoms with Gasteiger partial charge in [0, 0.05) is 18.7 Å². The van der Waals surface area contributed by atoms with Crippen LogP contribution in [0.1, 0.15) is 24.5 Å². The molecule has 0 unspecified atom stereocenters. The number of rotatable bonds is 8. The van der Waals surface area contributed by atoms with Crippen molar-refractivity contribution in [3.05, 3.63) is 96.7 Å². The fraction of sp³-hybridized carbons (Fsp3) is 0.227. The highest BCUT2D eigenvalue weighted by Crippen LogP contribution is 2.20. The molecule has 3 rings (SSSR count). The maximum absolute atomic E-state index is 13.1. The minimum atomic E-state index is -0.748. The molecule has 0 aliphatic heterocycles. The minimum absolute atomic E-state index is 0.0831.